The highest BCUT2D eigenvalue weighted by Gasteiger charge is 2.43. The van der Waals surface area contributed by atoms with Gasteiger partial charge in [-0.05, 0) is 132 Å². The van der Waals surface area contributed by atoms with Crippen LogP contribution in [0.1, 0.15) is 58.1 Å². The molecule has 0 saturated carbocycles. The standard InChI is InChI=1S/C69H58BNS/c1-5-6-11-20-47-41-64-67-66(42-47)72-65-40-38-57(51-27-18-10-19-28-51)44-62(65)70(67)61-43-56(50-25-16-9-17-26-50)37-39-63(61)71(64)68-59(54-33-29-52(30-34-54)48-21-12-7-13-22-48)45-58(69(2,3)4)46-60(68)55-35-31-53(32-36-55)49-23-14-8-15-24-49/h7-10,12-19,21-46H,5-6,11,20H2,1-4H3. The molecule has 0 N–H and O–H groups in total. The third-order valence-corrected chi connectivity index (χ3v) is 16.1. The number of rotatable bonds is 11. The van der Waals surface area contributed by atoms with Gasteiger partial charge in [-0.15, -0.1) is 0 Å². The molecule has 10 aromatic rings. The lowest BCUT2D eigenvalue weighted by molar-refractivity contribution is 0.591. The van der Waals surface area contributed by atoms with E-state index in [1.165, 1.54) is 134 Å². The summed E-state index contributed by atoms with van der Waals surface area (Å²) in [5, 5.41) is 0. The molecular formula is C69H58BNS. The summed E-state index contributed by atoms with van der Waals surface area (Å²) < 4.78 is 0. The number of fused-ring (bicyclic) bond motifs is 4. The number of hydrogen-bond acceptors (Lipinski definition) is 2. The summed E-state index contributed by atoms with van der Waals surface area (Å²) in [5.41, 5.74) is 25.0. The van der Waals surface area contributed by atoms with Crippen LogP contribution in [0.5, 0.6) is 0 Å². The van der Waals surface area contributed by atoms with E-state index in [0.29, 0.717) is 0 Å². The molecule has 12 rings (SSSR count). The van der Waals surface area contributed by atoms with Gasteiger partial charge in [0.25, 0.3) is 0 Å². The first kappa shape index (κ1) is 45.5. The van der Waals surface area contributed by atoms with Crippen LogP contribution in [0.3, 0.4) is 0 Å². The number of aryl methyl sites for hydroxylation is 1. The van der Waals surface area contributed by atoms with Gasteiger partial charge in [-0.2, -0.15) is 0 Å². The second-order valence-corrected chi connectivity index (χ2v) is 21.8. The molecule has 1 nitrogen and oxygen atoms in total. The molecule has 0 unspecified atom stereocenters. The SMILES string of the molecule is CCCCCc1cc2c3c(c1)N(c1c(-c4ccc(-c5ccccc5)cc4)cc(C(C)(C)C)cc1-c1ccc(-c4ccccc4)cc1)c1ccc(-c4ccccc4)cc1B3c1cc(-c3ccccc3)ccc1S2. The molecule has 0 radical (unpaired) electrons. The van der Waals surface area contributed by atoms with Crippen molar-refractivity contribution in [3.05, 3.63) is 242 Å². The van der Waals surface area contributed by atoms with Gasteiger partial charge in [-0.3, -0.25) is 0 Å². The molecule has 0 bridgehead atoms. The van der Waals surface area contributed by atoms with E-state index in [0.717, 1.165) is 12.8 Å². The Morgan fingerprint density at radius 2 is 0.847 bits per heavy atom. The maximum Gasteiger partial charge on any atom is 0.249 e. The molecular weight excluding hydrogens is 886 g/mol. The van der Waals surface area contributed by atoms with Crippen molar-refractivity contribution in [1.29, 1.82) is 0 Å². The number of anilines is 3. The van der Waals surface area contributed by atoms with Gasteiger partial charge in [-0.1, -0.05) is 252 Å². The summed E-state index contributed by atoms with van der Waals surface area (Å²) in [4.78, 5) is 5.39. The summed E-state index contributed by atoms with van der Waals surface area (Å²) in [5.74, 6) is 0. The number of benzene rings is 10. The summed E-state index contributed by atoms with van der Waals surface area (Å²) in [7, 11) is 0. The van der Waals surface area contributed by atoms with Crippen molar-refractivity contribution in [2.45, 2.75) is 68.6 Å². The fourth-order valence-electron chi connectivity index (χ4n) is 11.1. The van der Waals surface area contributed by atoms with Crippen LogP contribution in [0.15, 0.2) is 240 Å². The molecule has 72 heavy (non-hydrogen) atoms. The summed E-state index contributed by atoms with van der Waals surface area (Å²) in [6.45, 7) is 9.39. The minimum atomic E-state index is -0.124. The highest BCUT2D eigenvalue weighted by molar-refractivity contribution is 8.00. The van der Waals surface area contributed by atoms with Gasteiger partial charge in [-0.25, -0.2) is 0 Å². The highest BCUT2D eigenvalue weighted by atomic mass is 32.2. The Kier molecular flexibility index (Phi) is 12.1. The van der Waals surface area contributed by atoms with Crippen LogP contribution in [0, 0.1) is 0 Å². The first-order valence-electron chi connectivity index (χ1n) is 25.8. The Morgan fingerprint density at radius 3 is 1.35 bits per heavy atom. The van der Waals surface area contributed by atoms with Gasteiger partial charge in [0.1, 0.15) is 0 Å². The minimum Gasteiger partial charge on any atom is -0.310 e. The van der Waals surface area contributed by atoms with E-state index in [-0.39, 0.29) is 12.1 Å². The highest BCUT2D eigenvalue weighted by Crippen LogP contribution is 2.51. The molecule has 2 aliphatic rings. The monoisotopic (exact) mass is 943 g/mol. The number of hydrogen-bond donors (Lipinski definition) is 0. The van der Waals surface area contributed by atoms with Crippen LogP contribution in [-0.4, -0.2) is 6.71 Å². The van der Waals surface area contributed by atoms with Crippen molar-refractivity contribution >= 4 is 51.9 Å². The van der Waals surface area contributed by atoms with Crippen molar-refractivity contribution in [2.24, 2.45) is 0 Å². The van der Waals surface area contributed by atoms with Crippen LogP contribution < -0.4 is 21.3 Å². The zero-order valence-electron chi connectivity index (χ0n) is 41.7. The quantitative estimate of drug-likeness (QED) is 0.0939. The van der Waals surface area contributed by atoms with Crippen LogP contribution in [-0.2, 0) is 11.8 Å². The minimum absolute atomic E-state index is 0.0191. The maximum absolute atomic E-state index is 2.70. The molecule has 2 heterocycles. The van der Waals surface area contributed by atoms with E-state index < -0.39 is 0 Å². The Balaban J connectivity index is 1.17. The van der Waals surface area contributed by atoms with E-state index in [4.69, 9.17) is 0 Å². The molecule has 0 saturated heterocycles. The smallest absolute Gasteiger partial charge is 0.249 e. The zero-order chi connectivity index (χ0) is 48.8. The molecule has 0 aromatic heterocycles. The average molecular weight is 944 g/mol. The molecule has 10 aromatic carbocycles. The van der Waals surface area contributed by atoms with Crippen LogP contribution in [0.4, 0.5) is 17.1 Å². The third-order valence-electron chi connectivity index (χ3n) is 14.9. The molecule has 348 valence electrons. The Bertz CT molecular complexity index is 3460. The molecule has 0 fully saturated rings. The van der Waals surface area contributed by atoms with Crippen LogP contribution >= 0.6 is 11.8 Å². The van der Waals surface area contributed by atoms with E-state index in [2.05, 4.69) is 263 Å². The van der Waals surface area contributed by atoms with Crippen molar-refractivity contribution in [2.75, 3.05) is 4.90 Å². The second-order valence-electron chi connectivity index (χ2n) is 20.7. The summed E-state index contributed by atoms with van der Waals surface area (Å²) >= 11 is 1.96. The maximum atomic E-state index is 2.70. The molecule has 3 heteroatoms. The van der Waals surface area contributed by atoms with Gasteiger partial charge in [0.05, 0.1) is 5.69 Å². The molecule has 0 atom stereocenters. The average Bonchev–Trinajstić information content (AvgIpc) is 3.43. The zero-order valence-corrected chi connectivity index (χ0v) is 42.5. The van der Waals surface area contributed by atoms with Gasteiger partial charge in [0.2, 0.25) is 6.71 Å². The molecule has 0 aliphatic carbocycles. The van der Waals surface area contributed by atoms with Crippen molar-refractivity contribution in [3.63, 3.8) is 0 Å². The Labute approximate surface area is 431 Å². The van der Waals surface area contributed by atoms with Gasteiger partial charge in [0.15, 0.2) is 0 Å². The Hall–Kier alpha value is -7.59. The predicted molar refractivity (Wildman–Crippen MR) is 311 cm³/mol. The van der Waals surface area contributed by atoms with E-state index in [1.54, 1.807) is 0 Å². The fourth-order valence-corrected chi connectivity index (χ4v) is 12.3. The lowest BCUT2D eigenvalue weighted by Crippen LogP contribution is -2.60. The number of nitrogens with zero attached hydrogens (tertiary/aromatic N) is 1. The topological polar surface area (TPSA) is 3.24 Å². The van der Waals surface area contributed by atoms with Gasteiger partial charge >= 0.3 is 0 Å². The first-order chi connectivity index (χ1) is 35.3. The molecule has 2 aliphatic heterocycles. The summed E-state index contributed by atoms with van der Waals surface area (Å²) in [6, 6.07) is 86.7. The summed E-state index contributed by atoms with van der Waals surface area (Å²) in [6.07, 6.45) is 4.60. The number of unbranched alkanes of at least 4 members (excludes halogenated alkanes) is 2. The van der Waals surface area contributed by atoms with E-state index in [1.807, 2.05) is 11.8 Å². The predicted octanol–water partition coefficient (Wildman–Crippen LogP) is 17.5. The first-order valence-corrected chi connectivity index (χ1v) is 26.6. The van der Waals surface area contributed by atoms with E-state index in [9.17, 15) is 0 Å². The molecule has 0 spiro atoms. The van der Waals surface area contributed by atoms with Gasteiger partial charge in [0, 0.05) is 32.3 Å². The normalized spacial score (nSPS) is 12.6. The largest absolute Gasteiger partial charge is 0.310 e. The lowest BCUT2D eigenvalue weighted by atomic mass is 9.34. The molecule has 0 amide bonds. The van der Waals surface area contributed by atoms with Gasteiger partial charge < -0.3 is 4.90 Å². The van der Waals surface area contributed by atoms with Crippen molar-refractivity contribution < 1.29 is 0 Å². The fraction of sp³-hybridized carbons (Fsp3) is 0.130. The third kappa shape index (κ3) is 8.60. The van der Waals surface area contributed by atoms with Crippen LogP contribution in [0.25, 0.3) is 66.8 Å². The second kappa shape index (κ2) is 19.2. The lowest BCUT2D eigenvalue weighted by Gasteiger charge is -2.42. The van der Waals surface area contributed by atoms with E-state index >= 15 is 0 Å². The Morgan fingerprint density at radius 1 is 0.403 bits per heavy atom. The van der Waals surface area contributed by atoms with Crippen LogP contribution in [0.2, 0.25) is 0 Å². The van der Waals surface area contributed by atoms with Crippen molar-refractivity contribution in [3.8, 4) is 66.8 Å². The van der Waals surface area contributed by atoms with Crippen molar-refractivity contribution in [1.82, 2.24) is 0 Å².